The maximum Gasteiger partial charge on any atom is 0.243 e. The lowest BCUT2D eigenvalue weighted by Crippen LogP contribution is -2.40. The van der Waals surface area contributed by atoms with Crippen LogP contribution in [0.3, 0.4) is 0 Å². The first-order valence-corrected chi connectivity index (χ1v) is 10.3. The summed E-state index contributed by atoms with van der Waals surface area (Å²) in [5.74, 6) is -0.529. The lowest BCUT2D eigenvalue weighted by molar-refractivity contribution is 0.0730. The monoisotopic (exact) mass is 429 g/mol. The van der Waals surface area contributed by atoms with E-state index in [4.69, 9.17) is 28.6 Å². The fourth-order valence-electron chi connectivity index (χ4n) is 2.52. The summed E-state index contributed by atoms with van der Waals surface area (Å²) in [6, 6.07) is 10.4. The minimum atomic E-state index is -3.55. The van der Waals surface area contributed by atoms with Crippen molar-refractivity contribution in [1.82, 2.24) is 4.31 Å². The molecule has 1 aliphatic rings. The van der Waals surface area contributed by atoms with E-state index in [1.54, 1.807) is 18.2 Å². The zero-order valence-corrected chi connectivity index (χ0v) is 16.5. The lowest BCUT2D eigenvalue weighted by atomic mass is 10.3. The number of nitrogens with zero attached hydrogens (tertiary/aromatic N) is 1. The van der Waals surface area contributed by atoms with Crippen molar-refractivity contribution in [2.45, 2.75) is 4.90 Å². The van der Waals surface area contributed by atoms with Crippen molar-refractivity contribution in [1.29, 1.82) is 0 Å². The Morgan fingerprint density at radius 2 is 1.78 bits per heavy atom. The number of thiocarbonyl (C=S) groups is 1. The fourth-order valence-corrected chi connectivity index (χ4v) is 4.32. The topological polar surface area (TPSA) is 70.7 Å². The average Bonchev–Trinajstić information content (AvgIpc) is 2.65. The van der Waals surface area contributed by atoms with Crippen LogP contribution >= 0.6 is 23.8 Å². The van der Waals surface area contributed by atoms with Crippen LogP contribution in [0.1, 0.15) is 0 Å². The Labute approximate surface area is 167 Å². The number of rotatable bonds is 4. The average molecular weight is 430 g/mol. The van der Waals surface area contributed by atoms with Crippen LogP contribution in [0.15, 0.2) is 47.4 Å². The molecule has 0 aromatic heterocycles. The summed E-state index contributed by atoms with van der Waals surface area (Å²) in [5.41, 5.74) is 0.756. The minimum Gasteiger partial charge on any atom is -0.379 e. The van der Waals surface area contributed by atoms with Crippen LogP contribution in [-0.4, -0.2) is 44.1 Å². The van der Waals surface area contributed by atoms with Crippen molar-refractivity contribution in [3.63, 3.8) is 0 Å². The summed E-state index contributed by atoms with van der Waals surface area (Å²) in [5, 5.41) is 6.06. The van der Waals surface area contributed by atoms with Gasteiger partial charge in [-0.25, -0.2) is 12.8 Å². The Hall–Kier alpha value is -1.78. The van der Waals surface area contributed by atoms with Gasteiger partial charge in [0, 0.05) is 23.8 Å². The van der Waals surface area contributed by atoms with Crippen molar-refractivity contribution >= 4 is 50.3 Å². The van der Waals surface area contributed by atoms with Gasteiger partial charge in [0.25, 0.3) is 0 Å². The molecule has 144 valence electrons. The molecule has 1 aliphatic heterocycles. The van der Waals surface area contributed by atoms with E-state index in [-0.39, 0.29) is 20.7 Å². The second-order valence-electron chi connectivity index (χ2n) is 5.74. The smallest absolute Gasteiger partial charge is 0.243 e. The second kappa shape index (κ2) is 8.49. The molecular weight excluding hydrogens is 413 g/mol. The maximum absolute atomic E-state index is 13.8. The largest absolute Gasteiger partial charge is 0.379 e. The van der Waals surface area contributed by atoms with Gasteiger partial charge in [-0.05, 0) is 54.7 Å². The first-order chi connectivity index (χ1) is 12.9. The molecule has 0 aliphatic carbocycles. The van der Waals surface area contributed by atoms with Gasteiger partial charge in [0.2, 0.25) is 10.0 Å². The van der Waals surface area contributed by atoms with Crippen LogP contribution in [0.4, 0.5) is 15.8 Å². The van der Waals surface area contributed by atoms with Crippen molar-refractivity contribution in [3.8, 4) is 0 Å². The molecule has 0 radical (unpaired) electrons. The molecule has 1 saturated heterocycles. The first kappa shape index (κ1) is 20.0. The number of morpholine rings is 1. The summed E-state index contributed by atoms with van der Waals surface area (Å²) in [7, 11) is -3.55. The summed E-state index contributed by atoms with van der Waals surface area (Å²) in [6.07, 6.45) is 0. The van der Waals surface area contributed by atoms with Crippen LogP contribution in [0.25, 0.3) is 0 Å². The van der Waals surface area contributed by atoms with Crippen LogP contribution in [0, 0.1) is 5.82 Å². The van der Waals surface area contributed by atoms with Crippen molar-refractivity contribution in [2.75, 3.05) is 36.9 Å². The number of benzene rings is 2. The van der Waals surface area contributed by atoms with E-state index in [9.17, 15) is 12.8 Å². The predicted molar refractivity (Wildman–Crippen MR) is 107 cm³/mol. The molecule has 27 heavy (non-hydrogen) atoms. The normalized spacial score (nSPS) is 15.3. The molecule has 0 spiro atoms. The van der Waals surface area contributed by atoms with Gasteiger partial charge in [-0.15, -0.1) is 0 Å². The zero-order valence-electron chi connectivity index (χ0n) is 14.1. The van der Waals surface area contributed by atoms with E-state index in [1.807, 2.05) is 0 Å². The molecule has 0 amide bonds. The molecule has 2 aromatic rings. The Bertz CT molecular complexity index is 933. The number of ether oxygens (including phenoxy) is 1. The third-order valence-electron chi connectivity index (χ3n) is 3.90. The molecule has 6 nitrogen and oxygen atoms in total. The highest BCUT2D eigenvalue weighted by atomic mass is 35.5. The third kappa shape index (κ3) is 4.94. The molecule has 2 aromatic carbocycles. The SMILES string of the molecule is O=S(=O)(c1ccc(NC(=S)Nc2ccc(Cl)cc2F)cc1)N1CCOCC1. The minimum absolute atomic E-state index is 0.167. The van der Waals surface area contributed by atoms with Crippen LogP contribution in [-0.2, 0) is 14.8 Å². The van der Waals surface area contributed by atoms with Crippen molar-refractivity contribution in [2.24, 2.45) is 0 Å². The number of nitrogens with one attached hydrogen (secondary N) is 2. The van der Waals surface area contributed by atoms with Crippen molar-refractivity contribution in [3.05, 3.63) is 53.3 Å². The highest BCUT2D eigenvalue weighted by molar-refractivity contribution is 7.89. The van der Waals surface area contributed by atoms with Crippen LogP contribution < -0.4 is 10.6 Å². The van der Waals surface area contributed by atoms with Gasteiger partial charge in [-0.2, -0.15) is 4.31 Å². The summed E-state index contributed by atoms with van der Waals surface area (Å²) < 4.78 is 45.6. The Balaban J connectivity index is 1.65. The molecule has 1 heterocycles. The summed E-state index contributed by atoms with van der Waals surface area (Å²) >= 11 is 10.9. The number of sulfonamides is 1. The third-order valence-corrected chi connectivity index (χ3v) is 6.25. The Morgan fingerprint density at radius 1 is 1.11 bits per heavy atom. The Kier molecular flexibility index (Phi) is 6.28. The molecular formula is C17H17ClFN3O3S2. The number of anilines is 2. The quantitative estimate of drug-likeness (QED) is 0.726. The van der Waals surface area contributed by atoms with E-state index in [0.29, 0.717) is 32.0 Å². The number of hydrogen-bond donors (Lipinski definition) is 2. The first-order valence-electron chi connectivity index (χ1n) is 8.07. The highest BCUT2D eigenvalue weighted by Gasteiger charge is 2.26. The van der Waals surface area contributed by atoms with Gasteiger partial charge in [0.1, 0.15) is 5.82 Å². The standard InChI is InChI=1S/C17H17ClFN3O3S2/c18-12-1-6-16(15(19)11-12)21-17(26)20-13-2-4-14(5-3-13)27(23,24)22-7-9-25-10-8-22/h1-6,11H,7-10H2,(H2,20,21,26). The van der Waals surface area contributed by atoms with Gasteiger partial charge in [0.15, 0.2) is 5.11 Å². The van der Waals surface area contributed by atoms with E-state index >= 15 is 0 Å². The van der Waals surface area contributed by atoms with Gasteiger partial charge < -0.3 is 15.4 Å². The summed E-state index contributed by atoms with van der Waals surface area (Å²) in [4.78, 5) is 0.192. The van der Waals surface area contributed by atoms with Crippen LogP contribution in [0.5, 0.6) is 0 Å². The second-order valence-corrected chi connectivity index (χ2v) is 8.53. The van der Waals surface area contributed by atoms with Gasteiger partial charge in [-0.1, -0.05) is 11.6 Å². The molecule has 2 N–H and O–H groups in total. The van der Waals surface area contributed by atoms with E-state index in [1.165, 1.54) is 28.6 Å². The Morgan fingerprint density at radius 3 is 2.41 bits per heavy atom. The van der Waals surface area contributed by atoms with Crippen molar-refractivity contribution < 1.29 is 17.5 Å². The number of hydrogen-bond acceptors (Lipinski definition) is 4. The van der Waals surface area contributed by atoms with Crippen LogP contribution in [0.2, 0.25) is 5.02 Å². The molecule has 0 bridgehead atoms. The van der Waals surface area contributed by atoms with Gasteiger partial charge in [0.05, 0.1) is 23.8 Å². The van der Waals surface area contributed by atoms with E-state index in [2.05, 4.69) is 10.6 Å². The number of halogens is 2. The zero-order chi connectivity index (χ0) is 19.4. The van der Waals surface area contributed by atoms with E-state index < -0.39 is 15.8 Å². The summed E-state index contributed by atoms with van der Waals surface area (Å²) in [6.45, 7) is 1.45. The highest BCUT2D eigenvalue weighted by Crippen LogP contribution is 2.21. The predicted octanol–water partition coefficient (Wildman–Crippen LogP) is 3.31. The molecule has 10 heteroatoms. The molecule has 3 rings (SSSR count). The lowest BCUT2D eigenvalue weighted by Gasteiger charge is -2.26. The molecule has 0 atom stereocenters. The molecule has 1 fully saturated rings. The molecule has 0 unspecified atom stereocenters. The van der Waals surface area contributed by atoms with Gasteiger partial charge in [-0.3, -0.25) is 0 Å². The fraction of sp³-hybridized carbons (Fsp3) is 0.235. The van der Waals surface area contributed by atoms with E-state index in [0.717, 1.165) is 0 Å². The maximum atomic E-state index is 13.8. The molecule has 0 saturated carbocycles. The van der Waals surface area contributed by atoms with Gasteiger partial charge >= 0.3 is 0 Å².